The highest BCUT2D eigenvalue weighted by Crippen LogP contribution is 2.39. The number of ether oxygens (including phenoxy) is 1. The Kier molecular flexibility index (Phi) is 6.88. The number of benzene rings is 2. The minimum atomic E-state index is -0.728. The lowest BCUT2D eigenvalue weighted by molar-refractivity contribution is -0.695. The molecule has 4 rings (SSSR count). The summed E-state index contributed by atoms with van der Waals surface area (Å²) in [4.78, 5) is 30.5. The normalized spacial score (nSPS) is 17.5. The molecule has 1 fully saturated rings. The van der Waals surface area contributed by atoms with Gasteiger partial charge in [0.05, 0.1) is 19.2 Å². The highest BCUT2D eigenvalue weighted by atomic mass is 16.5. The maximum atomic E-state index is 13.3. The molecule has 0 spiro atoms. The van der Waals surface area contributed by atoms with Crippen molar-refractivity contribution in [3.63, 3.8) is 0 Å². The SMILES string of the molecule is CCCOc1ccc(C2C(=C([O-])c3ccccc3)C(=O)C(=O)N2CCC[n+]2cc[nH]c2)cc1. The second-order valence-corrected chi connectivity index (χ2v) is 7.96. The van der Waals surface area contributed by atoms with Gasteiger partial charge in [0.25, 0.3) is 5.91 Å². The molecule has 1 unspecified atom stereocenters. The van der Waals surface area contributed by atoms with Crippen LogP contribution in [0.3, 0.4) is 0 Å². The van der Waals surface area contributed by atoms with E-state index in [0.29, 0.717) is 43.0 Å². The number of Topliss-reactive ketones (excluding diaryl/α,β-unsaturated/α-hetero) is 1. The largest absolute Gasteiger partial charge is 0.872 e. The van der Waals surface area contributed by atoms with Crippen LogP contribution in [0.25, 0.3) is 5.76 Å². The third-order valence-corrected chi connectivity index (χ3v) is 5.65. The van der Waals surface area contributed by atoms with Gasteiger partial charge in [-0.1, -0.05) is 55.1 Å². The van der Waals surface area contributed by atoms with Crippen molar-refractivity contribution in [3.8, 4) is 5.75 Å². The lowest BCUT2D eigenvalue weighted by atomic mass is 9.95. The number of aromatic nitrogens is 2. The third-order valence-electron chi connectivity index (χ3n) is 5.65. The molecule has 0 bridgehead atoms. The summed E-state index contributed by atoms with van der Waals surface area (Å²) in [6.07, 6.45) is 7.09. The molecule has 0 aliphatic carbocycles. The highest BCUT2D eigenvalue weighted by molar-refractivity contribution is 6.46. The van der Waals surface area contributed by atoms with Crippen LogP contribution in [-0.4, -0.2) is 34.7 Å². The van der Waals surface area contributed by atoms with Crippen LogP contribution < -0.4 is 14.4 Å². The molecule has 2 aromatic carbocycles. The number of nitrogens with one attached hydrogen (secondary N) is 1. The summed E-state index contributed by atoms with van der Waals surface area (Å²) in [5.74, 6) is -1.06. The van der Waals surface area contributed by atoms with E-state index in [1.165, 1.54) is 4.90 Å². The molecule has 170 valence electrons. The summed E-state index contributed by atoms with van der Waals surface area (Å²) in [5.41, 5.74) is 1.11. The predicted octanol–water partition coefficient (Wildman–Crippen LogP) is 2.41. The third kappa shape index (κ3) is 4.82. The van der Waals surface area contributed by atoms with Gasteiger partial charge >= 0.3 is 0 Å². The Morgan fingerprint density at radius 3 is 2.55 bits per heavy atom. The van der Waals surface area contributed by atoms with Crippen molar-refractivity contribution < 1.29 is 24.0 Å². The number of likely N-dealkylation sites (tertiary alicyclic amines) is 1. The van der Waals surface area contributed by atoms with Crippen molar-refractivity contribution in [1.82, 2.24) is 9.88 Å². The van der Waals surface area contributed by atoms with Gasteiger partial charge in [-0.25, -0.2) is 4.57 Å². The molecule has 1 amide bonds. The number of carbonyl (C=O) groups excluding carboxylic acids is 2. The quantitative estimate of drug-likeness (QED) is 0.237. The van der Waals surface area contributed by atoms with E-state index in [1.54, 1.807) is 30.3 Å². The standard InChI is InChI=1S/C26H27N3O4/c1-2-17-33-21-11-9-19(10-12-21)23-22(24(30)20-7-4-3-5-8-20)25(31)26(32)29(23)15-6-14-28-16-13-27-18-28/h3-5,7-13,16,18,23H,2,6,14-15,17H2,1H3,(H,30,31). The van der Waals surface area contributed by atoms with E-state index >= 15 is 0 Å². The zero-order valence-corrected chi connectivity index (χ0v) is 18.6. The maximum Gasteiger partial charge on any atom is 0.295 e. The Morgan fingerprint density at radius 1 is 1.12 bits per heavy atom. The average molecular weight is 446 g/mol. The minimum Gasteiger partial charge on any atom is -0.872 e. The fourth-order valence-electron chi connectivity index (χ4n) is 4.04. The van der Waals surface area contributed by atoms with E-state index in [-0.39, 0.29) is 5.57 Å². The van der Waals surface area contributed by atoms with Crippen LogP contribution in [0, 0.1) is 0 Å². The number of hydrogen-bond donors (Lipinski definition) is 1. The van der Waals surface area contributed by atoms with Gasteiger partial charge in [-0.05, 0) is 29.7 Å². The van der Waals surface area contributed by atoms with Crippen molar-refractivity contribution in [3.05, 3.63) is 90.0 Å². The molecule has 7 nitrogen and oxygen atoms in total. The second kappa shape index (κ2) is 10.2. The molecular formula is C26H27N3O4. The summed E-state index contributed by atoms with van der Waals surface area (Å²) in [6.45, 7) is 3.67. The first kappa shape index (κ1) is 22.3. The Labute approximate surface area is 192 Å². The van der Waals surface area contributed by atoms with Gasteiger partial charge in [0, 0.05) is 18.5 Å². The molecule has 0 radical (unpaired) electrons. The second-order valence-electron chi connectivity index (χ2n) is 7.96. The Hall–Kier alpha value is -3.87. The fraction of sp³-hybridized carbons (Fsp3) is 0.269. The molecule has 1 saturated heterocycles. The van der Waals surface area contributed by atoms with Gasteiger partial charge in [0.1, 0.15) is 18.1 Å². The number of amides is 1. The minimum absolute atomic E-state index is 0.00252. The monoisotopic (exact) mass is 445 g/mol. The molecule has 1 aromatic heterocycles. The topological polar surface area (TPSA) is 89.3 Å². The Balaban J connectivity index is 1.68. The first-order valence-electron chi connectivity index (χ1n) is 11.2. The number of nitrogens with zero attached hydrogens (tertiary/aromatic N) is 2. The van der Waals surface area contributed by atoms with Crippen molar-refractivity contribution >= 4 is 17.4 Å². The van der Waals surface area contributed by atoms with Crippen LogP contribution in [0.2, 0.25) is 0 Å². The number of aromatic amines is 1. The van der Waals surface area contributed by atoms with E-state index in [0.717, 1.165) is 6.42 Å². The molecule has 1 atom stereocenters. The smallest absolute Gasteiger partial charge is 0.295 e. The number of ketones is 1. The molecule has 2 heterocycles. The van der Waals surface area contributed by atoms with Crippen LogP contribution in [-0.2, 0) is 16.1 Å². The van der Waals surface area contributed by atoms with Crippen LogP contribution in [0.4, 0.5) is 0 Å². The summed E-state index contributed by atoms with van der Waals surface area (Å²) < 4.78 is 7.63. The summed E-state index contributed by atoms with van der Waals surface area (Å²) in [7, 11) is 0. The van der Waals surface area contributed by atoms with E-state index in [4.69, 9.17) is 4.74 Å². The lowest BCUT2D eigenvalue weighted by Gasteiger charge is -2.27. The van der Waals surface area contributed by atoms with Gasteiger partial charge in [-0.15, -0.1) is 0 Å². The van der Waals surface area contributed by atoms with E-state index in [9.17, 15) is 14.7 Å². The van der Waals surface area contributed by atoms with E-state index in [2.05, 4.69) is 4.98 Å². The predicted molar refractivity (Wildman–Crippen MR) is 121 cm³/mol. The van der Waals surface area contributed by atoms with E-state index in [1.807, 2.05) is 54.5 Å². The molecule has 1 aliphatic rings. The molecule has 3 aromatic rings. The van der Waals surface area contributed by atoms with Gasteiger partial charge in [-0.3, -0.25) is 14.6 Å². The molecule has 1 aliphatic heterocycles. The molecule has 0 saturated carbocycles. The molecular weight excluding hydrogens is 418 g/mol. The number of aryl methyl sites for hydroxylation is 1. The molecule has 7 heteroatoms. The van der Waals surface area contributed by atoms with Crippen molar-refractivity contribution in [2.24, 2.45) is 0 Å². The summed E-state index contributed by atoms with van der Waals surface area (Å²) in [5, 5.41) is 13.3. The fourth-order valence-corrected chi connectivity index (χ4v) is 4.04. The summed E-state index contributed by atoms with van der Waals surface area (Å²) in [6, 6.07) is 15.2. The van der Waals surface area contributed by atoms with Gasteiger partial charge < -0.3 is 14.7 Å². The Morgan fingerprint density at radius 2 is 1.88 bits per heavy atom. The van der Waals surface area contributed by atoms with E-state index < -0.39 is 23.5 Å². The maximum absolute atomic E-state index is 13.3. The van der Waals surface area contributed by atoms with Crippen LogP contribution in [0.15, 0.2) is 78.9 Å². The zero-order valence-electron chi connectivity index (χ0n) is 18.6. The van der Waals surface area contributed by atoms with Gasteiger partial charge in [0.15, 0.2) is 0 Å². The van der Waals surface area contributed by atoms with Gasteiger partial charge in [-0.2, -0.15) is 0 Å². The van der Waals surface area contributed by atoms with Gasteiger partial charge in [0.2, 0.25) is 12.1 Å². The first-order chi connectivity index (χ1) is 16.1. The average Bonchev–Trinajstić information content (AvgIpc) is 3.45. The lowest BCUT2D eigenvalue weighted by Crippen LogP contribution is -2.36. The number of H-pyrrole nitrogens is 1. The number of hydrogen-bond acceptors (Lipinski definition) is 4. The van der Waals surface area contributed by atoms with Crippen LogP contribution in [0.5, 0.6) is 5.75 Å². The van der Waals surface area contributed by atoms with Crippen molar-refractivity contribution in [2.45, 2.75) is 32.4 Å². The van der Waals surface area contributed by atoms with Crippen molar-refractivity contribution in [1.29, 1.82) is 0 Å². The zero-order chi connectivity index (χ0) is 23.2. The highest BCUT2D eigenvalue weighted by Gasteiger charge is 2.43. The first-order valence-corrected chi connectivity index (χ1v) is 11.2. The number of carbonyl (C=O) groups is 2. The van der Waals surface area contributed by atoms with Crippen LogP contribution >= 0.6 is 0 Å². The molecule has 33 heavy (non-hydrogen) atoms. The van der Waals surface area contributed by atoms with Crippen molar-refractivity contribution in [2.75, 3.05) is 13.2 Å². The summed E-state index contributed by atoms with van der Waals surface area (Å²) >= 11 is 0. The number of rotatable bonds is 9. The molecule has 1 N–H and O–H groups in total. The number of imidazole rings is 1. The Bertz CT molecular complexity index is 1120. The van der Waals surface area contributed by atoms with Crippen LogP contribution in [0.1, 0.15) is 36.9 Å².